The summed E-state index contributed by atoms with van der Waals surface area (Å²) in [6.45, 7) is -1.34. The van der Waals surface area contributed by atoms with Crippen LogP contribution in [0.25, 0.3) is 22.2 Å². The van der Waals surface area contributed by atoms with Crippen molar-refractivity contribution in [1.29, 1.82) is 0 Å². The first kappa shape index (κ1) is 22.6. The van der Waals surface area contributed by atoms with Gasteiger partial charge in [0, 0.05) is 47.3 Å². The molecule has 2 atom stereocenters. The summed E-state index contributed by atoms with van der Waals surface area (Å²) >= 11 is 0. The Bertz CT molecular complexity index is 1180. The number of nitrogens with one attached hydrogen (secondary N) is 3. The van der Waals surface area contributed by atoms with Gasteiger partial charge in [0.25, 0.3) is 0 Å². The zero-order valence-electron chi connectivity index (χ0n) is 17.6. The molecule has 0 aliphatic heterocycles. The van der Waals surface area contributed by atoms with E-state index in [0.29, 0.717) is 29.6 Å². The van der Waals surface area contributed by atoms with E-state index in [4.69, 9.17) is 5.73 Å². The van der Waals surface area contributed by atoms with Gasteiger partial charge in [0.2, 0.25) is 11.8 Å². The van der Waals surface area contributed by atoms with Gasteiger partial charge in [-0.3, -0.25) is 14.6 Å². The van der Waals surface area contributed by atoms with Gasteiger partial charge in [0.15, 0.2) is 0 Å². The summed E-state index contributed by atoms with van der Waals surface area (Å²) < 4.78 is 37.5. The third kappa shape index (κ3) is 5.24. The van der Waals surface area contributed by atoms with Gasteiger partial charge in [0.1, 0.15) is 12.2 Å². The number of rotatable bonds is 6. The van der Waals surface area contributed by atoms with Gasteiger partial charge in [-0.2, -0.15) is 13.2 Å². The van der Waals surface area contributed by atoms with Crippen molar-refractivity contribution >= 4 is 28.5 Å². The normalized spacial score (nSPS) is 18.8. The average molecular weight is 460 g/mol. The third-order valence-electron chi connectivity index (χ3n) is 5.78. The van der Waals surface area contributed by atoms with Gasteiger partial charge in [-0.25, -0.2) is 4.98 Å². The Labute approximate surface area is 187 Å². The van der Waals surface area contributed by atoms with Crippen molar-refractivity contribution in [2.75, 3.05) is 11.9 Å². The van der Waals surface area contributed by atoms with Crippen molar-refractivity contribution in [2.24, 2.45) is 11.7 Å². The number of alkyl halides is 3. The molecule has 0 unspecified atom stereocenters. The molecule has 3 heterocycles. The molecule has 5 N–H and O–H groups in total. The van der Waals surface area contributed by atoms with Crippen LogP contribution in [-0.2, 0) is 4.79 Å². The fourth-order valence-corrected chi connectivity index (χ4v) is 4.19. The highest BCUT2D eigenvalue weighted by Crippen LogP contribution is 2.32. The number of anilines is 1. The topological polar surface area (TPSA) is 126 Å². The Kier molecular flexibility index (Phi) is 6.21. The lowest BCUT2D eigenvalue weighted by Crippen LogP contribution is -2.45. The SMILES string of the molecule is NC(=O)c1cnc2[nH]cc(-c3cncc(N[C@@H]4CCCC[C@@H]4C(=O)NCC(F)(F)F)c3)c2c1. The molecule has 2 amide bonds. The Morgan fingerprint density at radius 3 is 2.70 bits per heavy atom. The first-order valence-corrected chi connectivity index (χ1v) is 10.5. The molecule has 0 spiro atoms. The lowest BCUT2D eigenvalue weighted by Gasteiger charge is -2.32. The van der Waals surface area contributed by atoms with E-state index < -0.39 is 30.5 Å². The molecule has 1 saturated carbocycles. The molecule has 11 heteroatoms. The van der Waals surface area contributed by atoms with E-state index in [1.807, 2.05) is 11.4 Å². The number of halogens is 3. The Morgan fingerprint density at radius 2 is 1.94 bits per heavy atom. The van der Waals surface area contributed by atoms with Crippen LogP contribution in [0.5, 0.6) is 0 Å². The van der Waals surface area contributed by atoms with Crippen LogP contribution in [0.2, 0.25) is 0 Å². The minimum Gasteiger partial charge on any atom is -0.380 e. The smallest absolute Gasteiger partial charge is 0.380 e. The zero-order chi connectivity index (χ0) is 23.6. The van der Waals surface area contributed by atoms with Crippen molar-refractivity contribution in [3.8, 4) is 11.1 Å². The van der Waals surface area contributed by atoms with E-state index in [9.17, 15) is 22.8 Å². The van der Waals surface area contributed by atoms with Crippen LogP contribution < -0.4 is 16.4 Å². The van der Waals surface area contributed by atoms with Crippen LogP contribution in [0.3, 0.4) is 0 Å². The molecule has 33 heavy (non-hydrogen) atoms. The van der Waals surface area contributed by atoms with Gasteiger partial charge >= 0.3 is 6.18 Å². The molecule has 0 radical (unpaired) electrons. The molecule has 1 fully saturated rings. The lowest BCUT2D eigenvalue weighted by molar-refractivity contribution is -0.141. The molecule has 1 aliphatic carbocycles. The molecule has 174 valence electrons. The Hall–Kier alpha value is -3.63. The van der Waals surface area contributed by atoms with E-state index in [-0.39, 0.29) is 11.6 Å². The molecular weight excluding hydrogens is 437 g/mol. The predicted octanol–water partition coefficient (Wildman–Crippen LogP) is 3.37. The summed E-state index contributed by atoms with van der Waals surface area (Å²) in [6, 6.07) is 3.18. The number of amides is 2. The highest BCUT2D eigenvalue weighted by molar-refractivity contribution is 6.00. The van der Waals surface area contributed by atoms with E-state index in [1.165, 1.54) is 6.20 Å². The third-order valence-corrected chi connectivity index (χ3v) is 5.78. The number of H-pyrrole nitrogens is 1. The van der Waals surface area contributed by atoms with Gasteiger partial charge in [-0.05, 0) is 25.0 Å². The van der Waals surface area contributed by atoms with Crippen molar-refractivity contribution in [2.45, 2.75) is 37.9 Å². The number of hydrogen-bond donors (Lipinski definition) is 4. The number of nitrogens with zero attached hydrogens (tertiary/aromatic N) is 2. The molecule has 0 aromatic carbocycles. The van der Waals surface area contributed by atoms with Crippen LogP contribution in [0.1, 0.15) is 36.0 Å². The van der Waals surface area contributed by atoms with Crippen molar-refractivity contribution in [1.82, 2.24) is 20.3 Å². The van der Waals surface area contributed by atoms with Crippen LogP contribution >= 0.6 is 0 Å². The summed E-state index contributed by atoms with van der Waals surface area (Å²) in [4.78, 5) is 35.5. The first-order valence-electron chi connectivity index (χ1n) is 10.5. The first-order chi connectivity index (χ1) is 15.7. The molecule has 8 nitrogen and oxygen atoms in total. The minimum atomic E-state index is -4.45. The quantitative estimate of drug-likeness (QED) is 0.449. The number of fused-ring (bicyclic) bond motifs is 1. The Morgan fingerprint density at radius 1 is 1.15 bits per heavy atom. The average Bonchev–Trinajstić information content (AvgIpc) is 3.21. The highest BCUT2D eigenvalue weighted by atomic mass is 19.4. The lowest BCUT2D eigenvalue weighted by atomic mass is 9.83. The van der Waals surface area contributed by atoms with Crippen LogP contribution in [0.4, 0.5) is 18.9 Å². The number of pyridine rings is 2. The van der Waals surface area contributed by atoms with Crippen LogP contribution in [0, 0.1) is 5.92 Å². The molecule has 0 saturated heterocycles. The number of aromatic nitrogens is 3. The maximum Gasteiger partial charge on any atom is 0.405 e. The van der Waals surface area contributed by atoms with Crippen LogP contribution in [0.15, 0.2) is 36.9 Å². The second-order valence-corrected chi connectivity index (χ2v) is 8.12. The van der Waals surface area contributed by atoms with Crippen molar-refractivity contribution < 1.29 is 22.8 Å². The number of hydrogen-bond acceptors (Lipinski definition) is 5. The second kappa shape index (κ2) is 9.08. The summed E-state index contributed by atoms with van der Waals surface area (Å²) in [7, 11) is 0. The monoisotopic (exact) mass is 460 g/mol. The van der Waals surface area contributed by atoms with E-state index >= 15 is 0 Å². The van der Waals surface area contributed by atoms with E-state index in [2.05, 4.69) is 20.3 Å². The summed E-state index contributed by atoms with van der Waals surface area (Å²) in [5.74, 6) is -1.76. The van der Waals surface area contributed by atoms with Crippen molar-refractivity contribution in [3.05, 3.63) is 42.5 Å². The van der Waals surface area contributed by atoms with Crippen LogP contribution in [-0.4, -0.2) is 45.5 Å². The highest BCUT2D eigenvalue weighted by Gasteiger charge is 2.34. The van der Waals surface area contributed by atoms with Gasteiger partial charge < -0.3 is 21.4 Å². The van der Waals surface area contributed by atoms with Gasteiger partial charge in [0.05, 0.1) is 17.2 Å². The van der Waals surface area contributed by atoms with E-state index in [1.54, 1.807) is 24.7 Å². The number of nitrogens with two attached hydrogens (primary N) is 1. The predicted molar refractivity (Wildman–Crippen MR) is 116 cm³/mol. The van der Waals surface area contributed by atoms with Gasteiger partial charge in [-0.15, -0.1) is 0 Å². The molecule has 0 bridgehead atoms. The largest absolute Gasteiger partial charge is 0.405 e. The fourth-order valence-electron chi connectivity index (χ4n) is 4.19. The minimum absolute atomic E-state index is 0.278. The molecule has 1 aliphatic rings. The molecule has 3 aromatic heterocycles. The maximum absolute atomic E-state index is 12.5. The maximum atomic E-state index is 12.5. The summed E-state index contributed by atoms with van der Waals surface area (Å²) in [5, 5.41) is 5.99. The zero-order valence-corrected chi connectivity index (χ0v) is 17.6. The standard InChI is InChI=1S/C22H23F3N6O2/c23-22(24,25)11-30-21(33)15-3-1-2-4-18(15)31-14-5-12(7-27-9-14)17-10-29-20-16(17)6-13(8-28-20)19(26)32/h5-10,15,18,31H,1-4,11H2,(H2,26,32)(H,28,29)(H,30,33)/t15-,18+/m0/s1. The number of carbonyl (C=O) groups is 2. The molecule has 4 rings (SSSR count). The fraction of sp³-hybridized carbons (Fsp3) is 0.364. The van der Waals surface area contributed by atoms with Crippen molar-refractivity contribution in [3.63, 3.8) is 0 Å². The molecule has 3 aromatic rings. The molecular formula is C22H23F3N6O2. The number of primary amides is 1. The van der Waals surface area contributed by atoms with Gasteiger partial charge in [-0.1, -0.05) is 12.8 Å². The summed E-state index contributed by atoms with van der Waals surface area (Å²) in [6.07, 6.45) is 4.78. The number of carbonyl (C=O) groups excluding carboxylic acids is 2. The summed E-state index contributed by atoms with van der Waals surface area (Å²) in [5.41, 5.74) is 8.37. The second-order valence-electron chi connectivity index (χ2n) is 8.12. The van der Waals surface area contributed by atoms with E-state index in [0.717, 1.165) is 24.0 Å². The number of aromatic amines is 1. The Balaban J connectivity index is 1.55.